The number of pyridine rings is 1. The van der Waals surface area contributed by atoms with E-state index in [4.69, 9.17) is 14.2 Å². The number of rotatable bonds is 6. The maximum absolute atomic E-state index is 13.1. The SMILES string of the molecule is COCCOCc1nc(C(F)(F)F)ccc1C(O)=C1COCC2CC[C@@H](C2)C1=O. The zero-order valence-electron chi connectivity index (χ0n) is 16.1. The van der Waals surface area contributed by atoms with E-state index in [1.807, 2.05) is 0 Å². The summed E-state index contributed by atoms with van der Waals surface area (Å²) in [4.78, 5) is 16.5. The monoisotopic (exact) mass is 415 g/mol. The van der Waals surface area contributed by atoms with Crippen LogP contribution in [0, 0.1) is 11.8 Å². The average Bonchev–Trinajstić information content (AvgIpc) is 3.16. The highest BCUT2D eigenvalue weighted by molar-refractivity contribution is 6.03. The molecule has 29 heavy (non-hydrogen) atoms. The average molecular weight is 415 g/mol. The van der Waals surface area contributed by atoms with E-state index >= 15 is 0 Å². The number of methoxy groups -OCH3 is 1. The number of aliphatic hydroxyl groups is 1. The number of carbonyl (C=O) groups excluding carboxylic acids is 1. The lowest BCUT2D eigenvalue weighted by Crippen LogP contribution is -2.23. The third-order valence-electron chi connectivity index (χ3n) is 5.29. The summed E-state index contributed by atoms with van der Waals surface area (Å²) in [6.07, 6.45) is -2.32. The van der Waals surface area contributed by atoms with Gasteiger partial charge in [0.1, 0.15) is 11.5 Å². The van der Waals surface area contributed by atoms with Crippen molar-refractivity contribution in [3.8, 4) is 0 Å². The molecule has 1 aliphatic heterocycles. The summed E-state index contributed by atoms with van der Waals surface area (Å²) in [6.45, 7) is 0.565. The van der Waals surface area contributed by atoms with E-state index in [0.717, 1.165) is 25.0 Å². The second kappa shape index (κ2) is 9.23. The number of halogens is 3. The number of hydrogen-bond acceptors (Lipinski definition) is 6. The summed E-state index contributed by atoms with van der Waals surface area (Å²) in [5, 5.41) is 10.8. The van der Waals surface area contributed by atoms with Gasteiger partial charge in [-0.1, -0.05) is 0 Å². The Labute approximate surface area is 166 Å². The highest BCUT2D eigenvalue weighted by Crippen LogP contribution is 2.37. The van der Waals surface area contributed by atoms with Crippen LogP contribution in [0.4, 0.5) is 13.2 Å². The van der Waals surface area contributed by atoms with Gasteiger partial charge in [0, 0.05) is 25.2 Å². The van der Waals surface area contributed by atoms with Crippen molar-refractivity contribution < 1.29 is 37.3 Å². The fourth-order valence-corrected chi connectivity index (χ4v) is 3.75. The molecule has 1 saturated heterocycles. The fraction of sp³-hybridized carbons (Fsp3) is 0.600. The molecule has 0 amide bonds. The van der Waals surface area contributed by atoms with Crippen molar-refractivity contribution >= 4 is 11.5 Å². The second-order valence-electron chi connectivity index (χ2n) is 7.32. The highest BCUT2D eigenvalue weighted by Gasteiger charge is 2.36. The predicted octanol–water partition coefficient (Wildman–Crippen LogP) is 3.55. The van der Waals surface area contributed by atoms with Gasteiger partial charge in [0.05, 0.1) is 37.7 Å². The molecule has 0 spiro atoms. The van der Waals surface area contributed by atoms with E-state index in [9.17, 15) is 23.1 Å². The molecule has 1 aromatic heterocycles. The van der Waals surface area contributed by atoms with Gasteiger partial charge in [-0.3, -0.25) is 4.79 Å². The summed E-state index contributed by atoms with van der Waals surface area (Å²) in [5.74, 6) is -0.460. The van der Waals surface area contributed by atoms with Crippen LogP contribution in [-0.2, 0) is 31.8 Å². The van der Waals surface area contributed by atoms with Gasteiger partial charge in [0.25, 0.3) is 0 Å². The second-order valence-corrected chi connectivity index (χ2v) is 7.32. The van der Waals surface area contributed by atoms with Crippen molar-refractivity contribution in [2.24, 2.45) is 11.8 Å². The molecule has 3 rings (SSSR count). The Kier molecular flexibility index (Phi) is 6.92. The van der Waals surface area contributed by atoms with E-state index in [1.165, 1.54) is 7.11 Å². The number of alkyl halides is 3. The van der Waals surface area contributed by atoms with Crippen LogP contribution in [0.1, 0.15) is 36.2 Å². The Balaban J connectivity index is 1.95. The smallest absolute Gasteiger partial charge is 0.433 e. The number of ketones is 1. The van der Waals surface area contributed by atoms with Crippen molar-refractivity contribution in [1.82, 2.24) is 4.98 Å². The van der Waals surface area contributed by atoms with Crippen molar-refractivity contribution in [3.63, 3.8) is 0 Å². The summed E-state index contributed by atoms with van der Waals surface area (Å²) >= 11 is 0. The molecule has 9 heteroatoms. The highest BCUT2D eigenvalue weighted by atomic mass is 19.4. The van der Waals surface area contributed by atoms with Crippen LogP contribution >= 0.6 is 0 Å². The Morgan fingerprint density at radius 1 is 1.31 bits per heavy atom. The third kappa shape index (κ3) is 5.15. The largest absolute Gasteiger partial charge is 0.507 e. The van der Waals surface area contributed by atoms with Gasteiger partial charge < -0.3 is 19.3 Å². The molecule has 2 bridgehead atoms. The molecule has 160 valence electrons. The van der Waals surface area contributed by atoms with Gasteiger partial charge in [0.2, 0.25) is 0 Å². The number of Topliss-reactive ketones (excluding diaryl/α,β-unsaturated/α-hetero) is 1. The Bertz CT molecular complexity index is 778. The van der Waals surface area contributed by atoms with Crippen LogP contribution in [0.2, 0.25) is 0 Å². The van der Waals surface area contributed by atoms with Gasteiger partial charge in [-0.05, 0) is 37.3 Å². The van der Waals surface area contributed by atoms with Gasteiger partial charge in [-0.2, -0.15) is 13.2 Å². The number of aliphatic hydroxyl groups excluding tert-OH is 1. The third-order valence-corrected chi connectivity index (χ3v) is 5.29. The van der Waals surface area contributed by atoms with Gasteiger partial charge in [0.15, 0.2) is 5.78 Å². The first-order valence-electron chi connectivity index (χ1n) is 9.49. The molecule has 1 aliphatic carbocycles. The number of nitrogens with zero attached hydrogens (tertiary/aromatic N) is 1. The van der Waals surface area contributed by atoms with Crippen molar-refractivity contribution in [3.05, 3.63) is 34.7 Å². The van der Waals surface area contributed by atoms with E-state index in [-0.39, 0.29) is 55.0 Å². The molecule has 2 heterocycles. The maximum atomic E-state index is 13.1. The zero-order chi connectivity index (χ0) is 21.0. The summed E-state index contributed by atoms with van der Waals surface area (Å²) < 4.78 is 55.0. The Morgan fingerprint density at radius 2 is 2.10 bits per heavy atom. The minimum Gasteiger partial charge on any atom is -0.507 e. The van der Waals surface area contributed by atoms with Crippen LogP contribution in [0.25, 0.3) is 5.76 Å². The van der Waals surface area contributed by atoms with Gasteiger partial charge in [-0.15, -0.1) is 0 Å². The topological polar surface area (TPSA) is 77.9 Å². The molecule has 2 atom stereocenters. The summed E-state index contributed by atoms with van der Waals surface area (Å²) in [5.41, 5.74) is -1.07. The molecule has 0 aromatic carbocycles. The molecule has 1 aromatic rings. The summed E-state index contributed by atoms with van der Waals surface area (Å²) in [6, 6.07) is 1.90. The van der Waals surface area contributed by atoms with Crippen molar-refractivity contribution in [1.29, 1.82) is 0 Å². The molecule has 0 radical (unpaired) electrons. The van der Waals surface area contributed by atoms with Gasteiger partial charge in [-0.25, -0.2) is 4.98 Å². The quantitative estimate of drug-likeness (QED) is 0.435. The van der Waals surface area contributed by atoms with Crippen LogP contribution in [0.5, 0.6) is 0 Å². The fourth-order valence-electron chi connectivity index (χ4n) is 3.75. The van der Waals surface area contributed by atoms with Crippen molar-refractivity contribution in [2.75, 3.05) is 33.5 Å². The first-order valence-corrected chi connectivity index (χ1v) is 9.49. The van der Waals surface area contributed by atoms with Gasteiger partial charge >= 0.3 is 6.18 Å². The molecule has 1 N–H and O–H groups in total. The normalized spacial score (nSPS) is 24.3. The Hall–Kier alpha value is -1.97. The first kappa shape index (κ1) is 21.7. The molecule has 1 unspecified atom stereocenters. The maximum Gasteiger partial charge on any atom is 0.433 e. The van der Waals surface area contributed by atoms with E-state index in [1.54, 1.807) is 0 Å². The summed E-state index contributed by atoms with van der Waals surface area (Å²) in [7, 11) is 1.47. The molecule has 2 fully saturated rings. The molecule has 2 aliphatic rings. The van der Waals surface area contributed by atoms with E-state index in [2.05, 4.69) is 4.98 Å². The van der Waals surface area contributed by atoms with Crippen molar-refractivity contribution in [2.45, 2.75) is 32.0 Å². The lowest BCUT2D eigenvalue weighted by atomic mass is 9.92. The lowest BCUT2D eigenvalue weighted by Gasteiger charge is -2.20. The van der Waals surface area contributed by atoms with Crippen LogP contribution in [0.3, 0.4) is 0 Å². The van der Waals surface area contributed by atoms with E-state index < -0.39 is 17.6 Å². The molecule has 6 nitrogen and oxygen atoms in total. The number of fused-ring (bicyclic) bond motifs is 2. The number of aromatic nitrogens is 1. The molecular formula is C20H24F3NO5. The van der Waals surface area contributed by atoms with E-state index in [0.29, 0.717) is 18.9 Å². The first-order chi connectivity index (χ1) is 13.8. The predicted molar refractivity (Wildman–Crippen MR) is 97.0 cm³/mol. The minimum absolute atomic E-state index is 0.0393. The van der Waals surface area contributed by atoms with Crippen LogP contribution < -0.4 is 0 Å². The number of hydrogen-bond donors (Lipinski definition) is 1. The van der Waals surface area contributed by atoms with Crippen LogP contribution in [0.15, 0.2) is 17.7 Å². The standard InChI is InChI=1S/C20H24F3NO5/c1-27-6-7-28-11-16-14(4-5-17(24-16)20(21,22)23)19(26)15-10-29-9-12-2-3-13(8-12)18(15)25/h4-5,12-13,26H,2-3,6-11H2,1H3/t12?,13-/m0/s1. The lowest BCUT2D eigenvalue weighted by molar-refractivity contribution is -0.141. The minimum atomic E-state index is -4.64. The Morgan fingerprint density at radius 3 is 2.83 bits per heavy atom. The number of carbonyl (C=O) groups is 1. The molecular weight excluding hydrogens is 391 g/mol. The molecule has 1 saturated carbocycles. The zero-order valence-corrected chi connectivity index (χ0v) is 16.1. The van der Waals surface area contributed by atoms with Crippen LogP contribution in [-0.4, -0.2) is 49.4 Å². The number of ether oxygens (including phenoxy) is 3.